The third kappa shape index (κ3) is 2.27. The summed E-state index contributed by atoms with van der Waals surface area (Å²) in [5.74, 6) is 1.72. The van der Waals surface area contributed by atoms with E-state index in [1.807, 2.05) is 24.3 Å². The molecule has 0 saturated carbocycles. The van der Waals surface area contributed by atoms with Crippen LogP contribution in [-0.4, -0.2) is 0 Å². The quantitative estimate of drug-likeness (QED) is 0.720. The molecule has 18 heavy (non-hydrogen) atoms. The van der Waals surface area contributed by atoms with Crippen LogP contribution in [0.2, 0.25) is 5.02 Å². The zero-order valence-corrected chi connectivity index (χ0v) is 12.1. The molecule has 0 heterocycles. The van der Waals surface area contributed by atoms with Gasteiger partial charge in [-0.15, -0.1) is 0 Å². The van der Waals surface area contributed by atoms with E-state index in [9.17, 15) is 0 Å². The molecule has 0 spiro atoms. The Bertz CT molecular complexity index is 595. The molecule has 3 heteroatoms. The average Bonchev–Trinajstić information content (AvgIpc) is 2.83. The van der Waals surface area contributed by atoms with Gasteiger partial charge in [0.25, 0.3) is 0 Å². The van der Waals surface area contributed by atoms with Gasteiger partial charge in [0.1, 0.15) is 11.5 Å². The standard InChI is InChI=1S/C15H12BrClO/c16-13-8-7-11(17)9-15(13)18-14-6-2-4-10-3-1-5-12(10)14/h2,4,6-9H,1,3,5H2. The molecular formula is C15H12BrClO. The number of rotatable bonds is 2. The summed E-state index contributed by atoms with van der Waals surface area (Å²) in [7, 11) is 0. The Hall–Kier alpha value is -0.990. The van der Waals surface area contributed by atoms with Crippen LogP contribution in [0.15, 0.2) is 40.9 Å². The Morgan fingerprint density at radius 1 is 1.06 bits per heavy atom. The lowest BCUT2D eigenvalue weighted by Crippen LogP contribution is -1.91. The van der Waals surface area contributed by atoms with Crippen LogP contribution in [0.5, 0.6) is 11.5 Å². The van der Waals surface area contributed by atoms with Gasteiger partial charge in [0, 0.05) is 11.1 Å². The molecule has 0 saturated heterocycles. The van der Waals surface area contributed by atoms with Crippen LogP contribution in [0, 0.1) is 0 Å². The summed E-state index contributed by atoms with van der Waals surface area (Å²) in [5.41, 5.74) is 2.75. The van der Waals surface area contributed by atoms with E-state index in [1.165, 1.54) is 17.5 Å². The highest BCUT2D eigenvalue weighted by molar-refractivity contribution is 9.10. The van der Waals surface area contributed by atoms with E-state index in [2.05, 4.69) is 28.1 Å². The van der Waals surface area contributed by atoms with Gasteiger partial charge in [-0.25, -0.2) is 0 Å². The number of fused-ring (bicyclic) bond motifs is 1. The van der Waals surface area contributed by atoms with Crippen LogP contribution in [0.3, 0.4) is 0 Å². The number of ether oxygens (including phenoxy) is 1. The number of hydrogen-bond donors (Lipinski definition) is 0. The Kier molecular flexibility index (Phi) is 3.31. The van der Waals surface area contributed by atoms with Gasteiger partial charge in [0.2, 0.25) is 0 Å². The molecule has 2 aromatic carbocycles. The van der Waals surface area contributed by atoms with Crippen molar-refractivity contribution in [2.45, 2.75) is 19.3 Å². The van der Waals surface area contributed by atoms with E-state index in [1.54, 1.807) is 0 Å². The largest absolute Gasteiger partial charge is 0.456 e. The molecule has 92 valence electrons. The summed E-state index contributed by atoms with van der Waals surface area (Å²) in [6, 6.07) is 11.8. The number of halogens is 2. The minimum Gasteiger partial charge on any atom is -0.456 e. The molecule has 0 N–H and O–H groups in total. The van der Waals surface area contributed by atoms with Crippen molar-refractivity contribution < 1.29 is 4.74 Å². The van der Waals surface area contributed by atoms with Crippen molar-refractivity contribution in [1.29, 1.82) is 0 Å². The average molecular weight is 324 g/mol. The Morgan fingerprint density at radius 3 is 2.83 bits per heavy atom. The molecule has 0 aromatic heterocycles. The zero-order valence-electron chi connectivity index (χ0n) is 9.75. The van der Waals surface area contributed by atoms with Gasteiger partial charge in [-0.2, -0.15) is 0 Å². The van der Waals surface area contributed by atoms with E-state index < -0.39 is 0 Å². The van der Waals surface area contributed by atoms with Gasteiger partial charge in [0.15, 0.2) is 0 Å². The first kappa shape index (κ1) is 12.1. The van der Waals surface area contributed by atoms with Crippen LogP contribution in [0.25, 0.3) is 0 Å². The van der Waals surface area contributed by atoms with Crippen molar-refractivity contribution in [1.82, 2.24) is 0 Å². The van der Waals surface area contributed by atoms with Crippen molar-refractivity contribution in [2.24, 2.45) is 0 Å². The highest BCUT2D eigenvalue weighted by Crippen LogP contribution is 2.37. The predicted molar refractivity (Wildman–Crippen MR) is 77.7 cm³/mol. The summed E-state index contributed by atoms with van der Waals surface area (Å²) >= 11 is 9.48. The molecule has 3 rings (SSSR count). The van der Waals surface area contributed by atoms with Crippen LogP contribution in [0.4, 0.5) is 0 Å². The molecular weight excluding hydrogens is 312 g/mol. The first-order chi connectivity index (χ1) is 8.74. The molecule has 0 bridgehead atoms. The first-order valence-electron chi connectivity index (χ1n) is 5.98. The van der Waals surface area contributed by atoms with E-state index in [-0.39, 0.29) is 0 Å². The lowest BCUT2D eigenvalue weighted by atomic mass is 10.1. The van der Waals surface area contributed by atoms with Crippen LogP contribution < -0.4 is 4.74 Å². The van der Waals surface area contributed by atoms with E-state index in [0.717, 1.165) is 28.8 Å². The number of aryl methyl sites for hydroxylation is 1. The van der Waals surface area contributed by atoms with E-state index in [4.69, 9.17) is 16.3 Å². The van der Waals surface area contributed by atoms with Crippen molar-refractivity contribution in [2.75, 3.05) is 0 Å². The van der Waals surface area contributed by atoms with E-state index >= 15 is 0 Å². The molecule has 0 fully saturated rings. The van der Waals surface area contributed by atoms with Crippen LogP contribution in [0.1, 0.15) is 17.5 Å². The second-order valence-corrected chi connectivity index (χ2v) is 5.71. The van der Waals surface area contributed by atoms with Crippen LogP contribution >= 0.6 is 27.5 Å². The zero-order chi connectivity index (χ0) is 12.5. The van der Waals surface area contributed by atoms with Crippen molar-refractivity contribution in [3.63, 3.8) is 0 Å². The fourth-order valence-corrected chi connectivity index (χ4v) is 2.84. The summed E-state index contributed by atoms with van der Waals surface area (Å²) in [4.78, 5) is 0. The molecule has 0 amide bonds. The van der Waals surface area contributed by atoms with Crippen LogP contribution in [-0.2, 0) is 12.8 Å². The second-order valence-electron chi connectivity index (χ2n) is 4.42. The normalized spacial score (nSPS) is 13.4. The van der Waals surface area contributed by atoms with Crippen molar-refractivity contribution in [3.8, 4) is 11.5 Å². The monoisotopic (exact) mass is 322 g/mol. The van der Waals surface area contributed by atoms with E-state index in [0.29, 0.717) is 5.02 Å². The maximum Gasteiger partial charge on any atom is 0.143 e. The summed E-state index contributed by atoms with van der Waals surface area (Å²) in [5, 5.41) is 0.681. The van der Waals surface area contributed by atoms with Gasteiger partial charge in [-0.1, -0.05) is 23.7 Å². The van der Waals surface area contributed by atoms with Gasteiger partial charge < -0.3 is 4.74 Å². The van der Waals surface area contributed by atoms with Gasteiger partial charge in [0.05, 0.1) is 4.47 Å². The number of benzene rings is 2. The molecule has 0 radical (unpaired) electrons. The summed E-state index contributed by atoms with van der Waals surface area (Å²) in [6.45, 7) is 0. The fraction of sp³-hybridized carbons (Fsp3) is 0.200. The fourth-order valence-electron chi connectivity index (χ4n) is 2.35. The SMILES string of the molecule is Clc1ccc(Br)c(Oc2cccc3c2CCC3)c1. The predicted octanol–water partition coefficient (Wildman–Crippen LogP) is 5.38. The maximum absolute atomic E-state index is 6.00. The molecule has 1 aliphatic rings. The lowest BCUT2D eigenvalue weighted by molar-refractivity contribution is 0.474. The Balaban J connectivity index is 1.98. The van der Waals surface area contributed by atoms with Crippen molar-refractivity contribution in [3.05, 3.63) is 57.0 Å². The third-order valence-corrected chi connectivity index (χ3v) is 4.11. The minimum atomic E-state index is 0.681. The third-order valence-electron chi connectivity index (χ3n) is 3.22. The second kappa shape index (κ2) is 4.94. The van der Waals surface area contributed by atoms with Gasteiger partial charge in [-0.05, 0) is 64.5 Å². The smallest absolute Gasteiger partial charge is 0.143 e. The Morgan fingerprint density at radius 2 is 1.94 bits per heavy atom. The summed E-state index contributed by atoms with van der Waals surface area (Å²) in [6.07, 6.45) is 3.47. The molecule has 2 aromatic rings. The minimum absolute atomic E-state index is 0.681. The molecule has 0 atom stereocenters. The van der Waals surface area contributed by atoms with Gasteiger partial charge >= 0.3 is 0 Å². The van der Waals surface area contributed by atoms with Crippen molar-refractivity contribution >= 4 is 27.5 Å². The molecule has 1 nitrogen and oxygen atoms in total. The lowest BCUT2D eigenvalue weighted by Gasteiger charge is -2.12. The van der Waals surface area contributed by atoms with Gasteiger partial charge in [-0.3, -0.25) is 0 Å². The highest BCUT2D eigenvalue weighted by atomic mass is 79.9. The summed E-state index contributed by atoms with van der Waals surface area (Å²) < 4.78 is 6.92. The number of hydrogen-bond acceptors (Lipinski definition) is 1. The molecule has 1 aliphatic carbocycles. The first-order valence-corrected chi connectivity index (χ1v) is 7.15. The maximum atomic E-state index is 6.00. The Labute approximate surface area is 120 Å². The topological polar surface area (TPSA) is 9.23 Å². The molecule has 0 unspecified atom stereocenters. The highest BCUT2D eigenvalue weighted by Gasteiger charge is 2.16. The molecule has 0 aliphatic heterocycles.